The minimum absolute atomic E-state index is 0.864. The minimum atomic E-state index is 0.864. The number of fused-ring (bicyclic) bond motifs is 1. The highest BCUT2D eigenvalue weighted by atomic mass is 32.1. The van der Waals surface area contributed by atoms with E-state index in [0.717, 1.165) is 5.92 Å². The Hall–Kier alpha value is -0.930. The maximum Gasteiger partial charge on any atom is 0.0589 e. The molecule has 0 amide bonds. The number of nitrogens with zero attached hydrogens (tertiary/aromatic N) is 1. The molecular formula is C14H18N2S. The molecule has 0 atom stereocenters. The van der Waals surface area contributed by atoms with E-state index in [9.17, 15) is 0 Å². The number of nitrogens with one attached hydrogen (secondary N) is 1. The zero-order valence-electron chi connectivity index (χ0n) is 10.2. The van der Waals surface area contributed by atoms with Crippen molar-refractivity contribution in [2.24, 2.45) is 5.92 Å². The molecule has 3 heteroatoms. The summed E-state index contributed by atoms with van der Waals surface area (Å²) in [6, 6.07) is 6.86. The van der Waals surface area contributed by atoms with Crippen LogP contribution in [-0.2, 0) is 6.42 Å². The van der Waals surface area contributed by atoms with E-state index in [1.165, 1.54) is 53.7 Å². The van der Waals surface area contributed by atoms with Gasteiger partial charge in [0.05, 0.1) is 10.4 Å². The second-order valence-corrected chi connectivity index (χ2v) is 5.80. The van der Waals surface area contributed by atoms with Gasteiger partial charge in [0.25, 0.3) is 0 Å². The summed E-state index contributed by atoms with van der Waals surface area (Å²) in [5.41, 5.74) is 2.64. The quantitative estimate of drug-likeness (QED) is 0.880. The summed E-state index contributed by atoms with van der Waals surface area (Å²) in [7, 11) is 0. The molecule has 1 aliphatic heterocycles. The monoisotopic (exact) mass is 246 g/mol. The lowest BCUT2D eigenvalue weighted by Crippen LogP contribution is -2.28. The molecule has 0 bridgehead atoms. The molecule has 1 aromatic heterocycles. The van der Waals surface area contributed by atoms with Gasteiger partial charge in [-0.2, -0.15) is 4.37 Å². The minimum Gasteiger partial charge on any atom is -0.317 e. The summed E-state index contributed by atoms with van der Waals surface area (Å²) in [6.45, 7) is 4.46. The Morgan fingerprint density at radius 2 is 2.18 bits per heavy atom. The molecule has 0 spiro atoms. The smallest absolute Gasteiger partial charge is 0.0589 e. The number of rotatable bonds is 2. The molecule has 0 unspecified atom stereocenters. The average molecular weight is 246 g/mol. The lowest BCUT2D eigenvalue weighted by Gasteiger charge is -2.22. The average Bonchev–Trinajstić information content (AvgIpc) is 2.72. The second kappa shape index (κ2) is 4.75. The molecule has 0 radical (unpaired) electrons. The van der Waals surface area contributed by atoms with E-state index in [2.05, 4.69) is 34.8 Å². The number of hydrogen-bond donors (Lipinski definition) is 1. The molecule has 2 heterocycles. The van der Waals surface area contributed by atoms with Crippen LogP contribution in [0.2, 0.25) is 0 Å². The Labute approximate surface area is 106 Å². The van der Waals surface area contributed by atoms with Crippen LogP contribution < -0.4 is 5.32 Å². The first-order valence-electron chi connectivity index (χ1n) is 6.38. The van der Waals surface area contributed by atoms with Crippen molar-refractivity contribution in [2.45, 2.75) is 26.2 Å². The lowest BCUT2D eigenvalue weighted by atomic mass is 9.91. The van der Waals surface area contributed by atoms with Gasteiger partial charge in [-0.15, -0.1) is 0 Å². The van der Waals surface area contributed by atoms with Gasteiger partial charge in [0.2, 0.25) is 0 Å². The fourth-order valence-electron chi connectivity index (χ4n) is 2.65. The van der Waals surface area contributed by atoms with E-state index in [0.29, 0.717) is 0 Å². The van der Waals surface area contributed by atoms with Crippen molar-refractivity contribution in [3.63, 3.8) is 0 Å². The SMILES string of the molecule is Cc1nsc2cc(CC3CCNCC3)ccc12. The van der Waals surface area contributed by atoms with Crippen LogP contribution in [0.4, 0.5) is 0 Å². The van der Waals surface area contributed by atoms with Gasteiger partial charge >= 0.3 is 0 Å². The maximum absolute atomic E-state index is 4.42. The van der Waals surface area contributed by atoms with Crippen LogP contribution in [0.1, 0.15) is 24.1 Å². The molecule has 1 aliphatic rings. The van der Waals surface area contributed by atoms with Gasteiger partial charge in [-0.1, -0.05) is 12.1 Å². The van der Waals surface area contributed by atoms with Crippen LogP contribution >= 0.6 is 11.5 Å². The van der Waals surface area contributed by atoms with Crippen molar-refractivity contribution in [1.29, 1.82) is 0 Å². The van der Waals surface area contributed by atoms with E-state index < -0.39 is 0 Å². The molecule has 1 aromatic carbocycles. The van der Waals surface area contributed by atoms with Crippen molar-refractivity contribution >= 4 is 21.6 Å². The van der Waals surface area contributed by atoms with E-state index >= 15 is 0 Å². The van der Waals surface area contributed by atoms with Crippen molar-refractivity contribution in [3.05, 3.63) is 29.5 Å². The molecule has 0 saturated carbocycles. The largest absolute Gasteiger partial charge is 0.317 e. The molecule has 90 valence electrons. The van der Waals surface area contributed by atoms with Gasteiger partial charge in [-0.25, -0.2) is 0 Å². The maximum atomic E-state index is 4.42. The molecule has 0 aliphatic carbocycles. The molecule has 17 heavy (non-hydrogen) atoms. The normalized spacial score (nSPS) is 17.7. The van der Waals surface area contributed by atoms with Crippen molar-refractivity contribution in [3.8, 4) is 0 Å². The van der Waals surface area contributed by atoms with Crippen molar-refractivity contribution < 1.29 is 0 Å². The summed E-state index contributed by atoms with van der Waals surface area (Å²) in [5.74, 6) is 0.864. The van der Waals surface area contributed by atoms with Crippen LogP contribution in [0.3, 0.4) is 0 Å². The third-order valence-corrected chi connectivity index (χ3v) is 4.60. The lowest BCUT2D eigenvalue weighted by molar-refractivity contribution is 0.373. The van der Waals surface area contributed by atoms with Crippen molar-refractivity contribution in [1.82, 2.24) is 9.69 Å². The second-order valence-electron chi connectivity index (χ2n) is 5.00. The molecule has 3 rings (SSSR count). The fraction of sp³-hybridized carbons (Fsp3) is 0.500. The van der Waals surface area contributed by atoms with Gasteiger partial charge in [0.1, 0.15) is 0 Å². The predicted octanol–water partition coefficient (Wildman–Crippen LogP) is 3.15. The van der Waals surface area contributed by atoms with Crippen LogP contribution in [0, 0.1) is 12.8 Å². The molecule has 1 fully saturated rings. The summed E-state index contributed by atoms with van der Waals surface area (Å²) >= 11 is 1.63. The molecule has 1 N–H and O–H groups in total. The number of aromatic nitrogens is 1. The highest BCUT2D eigenvalue weighted by molar-refractivity contribution is 7.13. The van der Waals surface area contributed by atoms with Gasteiger partial charge in [0, 0.05) is 5.39 Å². The highest BCUT2D eigenvalue weighted by Gasteiger charge is 2.14. The Balaban J connectivity index is 1.80. The van der Waals surface area contributed by atoms with E-state index in [-0.39, 0.29) is 0 Å². The van der Waals surface area contributed by atoms with E-state index in [1.807, 2.05) is 0 Å². The zero-order valence-corrected chi connectivity index (χ0v) is 11.0. The van der Waals surface area contributed by atoms with Gasteiger partial charge < -0.3 is 5.32 Å². The number of benzene rings is 1. The molecule has 1 saturated heterocycles. The van der Waals surface area contributed by atoms with Gasteiger partial charge in [-0.3, -0.25) is 0 Å². The number of piperidine rings is 1. The topological polar surface area (TPSA) is 24.9 Å². The van der Waals surface area contributed by atoms with Crippen molar-refractivity contribution in [2.75, 3.05) is 13.1 Å². The first-order valence-corrected chi connectivity index (χ1v) is 7.16. The Morgan fingerprint density at radius 3 is 3.00 bits per heavy atom. The molecule has 2 nitrogen and oxygen atoms in total. The Kier molecular flexibility index (Phi) is 3.12. The van der Waals surface area contributed by atoms with E-state index in [1.54, 1.807) is 11.5 Å². The third-order valence-electron chi connectivity index (χ3n) is 3.70. The highest BCUT2D eigenvalue weighted by Crippen LogP contribution is 2.25. The van der Waals surface area contributed by atoms with Crippen LogP contribution in [0.25, 0.3) is 10.1 Å². The number of aryl methyl sites for hydroxylation is 1. The van der Waals surface area contributed by atoms with Crippen LogP contribution in [0.5, 0.6) is 0 Å². The summed E-state index contributed by atoms with van der Waals surface area (Å²) in [5, 5.41) is 4.75. The zero-order chi connectivity index (χ0) is 11.7. The van der Waals surface area contributed by atoms with Gasteiger partial charge in [-0.05, 0) is 68.4 Å². The number of hydrogen-bond acceptors (Lipinski definition) is 3. The predicted molar refractivity (Wildman–Crippen MR) is 73.7 cm³/mol. The van der Waals surface area contributed by atoms with Gasteiger partial charge in [0.15, 0.2) is 0 Å². The molecule has 2 aromatic rings. The standard InChI is InChI=1S/C14H18N2S/c1-10-13-3-2-12(9-14(13)17-16-10)8-11-4-6-15-7-5-11/h2-3,9,11,15H,4-8H2,1H3. The van der Waals surface area contributed by atoms with E-state index in [4.69, 9.17) is 0 Å². The summed E-state index contributed by atoms with van der Waals surface area (Å²) in [4.78, 5) is 0. The van der Waals surface area contributed by atoms with Crippen LogP contribution in [0.15, 0.2) is 18.2 Å². The first kappa shape index (κ1) is 11.2. The molecular weight excluding hydrogens is 228 g/mol. The first-order chi connectivity index (χ1) is 8.33. The summed E-state index contributed by atoms with van der Waals surface area (Å²) < 4.78 is 5.76. The van der Waals surface area contributed by atoms with Crippen LogP contribution in [-0.4, -0.2) is 17.5 Å². The Bertz CT molecular complexity index is 512. The fourth-order valence-corrected chi connectivity index (χ4v) is 3.51. The third kappa shape index (κ3) is 2.35. The summed E-state index contributed by atoms with van der Waals surface area (Å²) in [6.07, 6.45) is 3.87. The Morgan fingerprint density at radius 1 is 1.35 bits per heavy atom.